The summed E-state index contributed by atoms with van der Waals surface area (Å²) >= 11 is 3.40. The fourth-order valence-electron chi connectivity index (χ4n) is 1.60. The molecule has 0 amide bonds. The van der Waals surface area contributed by atoms with E-state index in [0.717, 1.165) is 15.8 Å². The summed E-state index contributed by atoms with van der Waals surface area (Å²) in [6.45, 7) is 4.35. The van der Waals surface area contributed by atoms with Crippen molar-refractivity contribution >= 4 is 15.9 Å². The number of benzene rings is 1. The summed E-state index contributed by atoms with van der Waals surface area (Å²) in [6.07, 6.45) is 1.69. The topological polar surface area (TPSA) is 38.1 Å². The van der Waals surface area contributed by atoms with E-state index in [0.29, 0.717) is 12.4 Å². The second-order valence-corrected chi connectivity index (χ2v) is 5.00. The molecule has 1 aromatic carbocycles. The van der Waals surface area contributed by atoms with Crippen molar-refractivity contribution in [1.29, 1.82) is 0 Å². The van der Waals surface area contributed by atoms with Gasteiger partial charge in [0.25, 0.3) is 0 Å². The summed E-state index contributed by atoms with van der Waals surface area (Å²) in [4.78, 5) is 4.15. The number of rotatable bonds is 4. The predicted octanol–water partition coefficient (Wildman–Crippen LogP) is 3.74. The molecule has 1 heterocycles. The zero-order valence-electron chi connectivity index (χ0n) is 10.2. The summed E-state index contributed by atoms with van der Waals surface area (Å²) in [5.74, 6) is 1.18. The maximum absolute atomic E-state index is 13.1. The van der Waals surface area contributed by atoms with Gasteiger partial charge in [0.05, 0.1) is 12.2 Å². The van der Waals surface area contributed by atoms with Crippen LogP contribution in [0.1, 0.15) is 30.2 Å². The van der Waals surface area contributed by atoms with Gasteiger partial charge in [0.15, 0.2) is 0 Å². The van der Waals surface area contributed by atoms with Gasteiger partial charge < -0.3 is 9.73 Å². The van der Waals surface area contributed by atoms with Crippen molar-refractivity contribution in [3.63, 3.8) is 0 Å². The highest BCUT2D eigenvalue weighted by molar-refractivity contribution is 9.10. The number of aromatic nitrogens is 1. The fourth-order valence-corrected chi connectivity index (χ4v) is 1.99. The van der Waals surface area contributed by atoms with Crippen molar-refractivity contribution in [2.24, 2.45) is 0 Å². The molecule has 0 fully saturated rings. The molecule has 0 aliphatic carbocycles. The lowest BCUT2D eigenvalue weighted by Crippen LogP contribution is -2.18. The lowest BCUT2D eigenvalue weighted by molar-refractivity contribution is 0.402. The summed E-state index contributed by atoms with van der Waals surface area (Å²) < 4.78 is 19.4. The van der Waals surface area contributed by atoms with Crippen LogP contribution in [0.4, 0.5) is 4.39 Å². The maximum Gasteiger partial charge on any atom is 0.211 e. The average Bonchev–Trinajstić information content (AvgIpc) is 2.77. The largest absolute Gasteiger partial charge is 0.444 e. The molecule has 0 saturated heterocycles. The minimum atomic E-state index is -0.241. The third-order valence-corrected chi connectivity index (χ3v) is 3.39. The molecule has 1 atom stereocenters. The van der Waals surface area contributed by atoms with E-state index in [4.69, 9.17) is 4.42 Å². The van der Waals surface area contributed by atoms with Gasteiger partial charge in [0.2, 0.25) is 5.89 Å². The first-order valence-corrected chi connectivity index (χ1v) is 6.45. The average molecular weight is 313 g/mol. The predicted molar refractivity (Wildman–Crippen MR) is 70.6 cm³/mol. The van der Waals surface area contributed by atoms with Crippen LogP contribution in [0.2, 0.25) is 0 Å². The van der Waals surface area contributed by atoms with Gasteiger partial charge in [-0.3, -0.25) is 0 Å². The number of oxazole rings is 1. The van der Waals surface area contributed by atoms with E-state index in [1.54, 1.807) is 12.3 Å². The van der Waals surface area contributed by atoms with Crippen molar-refractivity contribution in [1.82, 2.24) is 10.3 Å². The van der Waals surface area contributed by atoms with Gasteiger partial charge in [0, 0.05) is 11.0 Å². The Balaban J connectivity index is 2.01. The Morgan fingerprint density at radius 1 is 1.50 bits per heavy atom. The Morgan fingerprint density at radius 2 is 2.28 bits per heavy atom. The highest BCUT2D eigenvalue weighted by atomic mass is 79.9. The molecule has 1 unspecified atom stereocenters. The van der Waals surface area contributed by atoms with Crippen LogP contribution in [0.5, 0.6) is 0 Å². The number of hydrogen-bond donors (Lipinski definition) is 1. The summed E-state index contributed by atoms with van der Waals surface area (Å²) in [5, 5.41) is 3.24. The number of nitrogens with one attached hydrogen (secondary N) is 1. The molecule has 2 rings (SSSR count). The van der Waals surface area contributed by atoms with Crippen molar-refractivity contribution in [3.05, 3.63) is 51.9 Å². The summed E-state index contributed by atoms with van der Waals surface area (Å²) in [6, 6.07) is 4.61. The van der Waals surface area contributed by atoms with Crippen LogP contribution in [-0.2, 0) is 6.54 Å². The molecule has 0 radical (unpaired) electrons. The van der Waals surface area contributed by atoms with E-state index in [1.807, 2.05) is 13.8 Å². The lowest BCUT2D eigenvalue weighted by Gasteiger charge is -2.11. The number of halogens is 2. The zero-order chi connectivity index (χ0) is 13.1. The Labute approximate surface area is 114 Å². The standard InChI is InChI=1S/C13H14BrFN2O/c1-8-6-17-13(18-8)9(2)16-7-10-5-11(15)3-4-12(10)14/h3-6,9,16H,7H2,1-2H3. The Morgan fingerprint density at radius 3 is 2.94 bits per heavy atom. The van der Waals surface area contributed by atoms with E-state index in [9.17, 15) is 4.39 Å². The quantitative estimate of drug-likeness (QED) is 0.934. The molecular formula is C13H14BrFN2O. The number of aryl methyl sites for hydroxylation is 1. The van der Waals surface area contributed by atoms with E-state index >= 15 is 0 Å². The molecule has 0 saturated carbocycles. The van der Waals surface area contributed by atoms with Gasteiger partial charge >= 0.3 is 0 Å². The maximum atomic E-state index is 13.1. The third-order valence-electron chi connectivity index (χ3n) is 2.62. The Hall–Kier alpha value is -1.20. The van der Waals surface area contributed by atoms with Crippen molar-refractivity contribution in [2.75, 3.05) is 0 Å². The van der Waals surface area contributed by atoms with Crippen LogP contribution < -0.4 is 5.32 Å². The van der Waals surface area contributed by atoms with Gasteiger partial charge in [0.1, 0.15) is 11.6 Å². The molecule has 0 bridgehead atoms. The molecular weight excluding hydrogens is 299 g/mol. The molecule has 0 spiro atoms. The van der Waals surface area contributed by atoms with Crippen LogP contribution in [0.15, 0.2) is 33.3 Å². The third kappa shape index (κ3) is 3.17. The summed E-state index contributed by atoms with van der Waals surface area (Å²) in [7, 11) is 0. The smallest absolute Gasteiger partial charge is 0.211 e. The molecule has 5 heteroatoms. The van der Waals surface area contributed by atoms with Gasteiger partial charge in [-0.1, -0.05) is 15.9 Å². The first-order chi connectivity index (χ1) is 8.56. The van der Waals surface area contributed by atoms with Crippen molar-refractivity contribution in [2.45, 2.75) is 26.4 Å². The molecule has 0 aliphatic rings. The van der Waals surface area contributed by atoms with Gasteiger partial charge in [-0.25, -0.2) is 9.37 Å². The zero-order valence-corrected chi connectivity index (χ0v) is 11.8. The second-order valence-electron chi connectivity index (χ2n) is 4.15. The van der Waals surface area contributed by atoms with Gasteiger partial charge in [-0.2, -0.15) is 0 Å². The van der Waals surface area contributed by atoms with Crippen LogP contribution in [0.25, 0.3) is 0 Å². The van der Waals surface area contributed by atoms with E-state index in [-0.39, 0.29) is 11.9 Å². The molecule has 18 heavy (non-hydrogen) atoms. The van der Waals surface area contributed by atoms with E-state index < -0.39 is 0 Å². The molecule has 2 aromatic rings. The van der Waals surface area contributed by atoms with E-state index in [1.165, 1.54) is 12.1 Å². The van der Waals surface area contributed by atoms with Crippen LogP contribution in [-0.4, -0.2) is 4.98 Å². The Kier molecular flexibility index (Phi) is 4.14. The van der Waals surface area contributed by atoms with Gasteiger partial charge in [-0.05, 0) is 37.6 Å². The summed E-state index contributed by atoms with van der Waals surface area (Å²) in [5.41, 5.74) is 0.866. The minimum Gasteiger partial charge on any atom is -0.444 e. The lowest BCUT2D eigenvalue weighted by atomic mass is 10.2. The van der Waals surface area contributed by atoms with Crippen LogP contribution in [0.3, 0.4) is 0 Å². The fraction of sp³-hybridized carbons (Fsp3) is 0.308. The van der Waals surface area contributed by atoms with Crippen molar-refractivity contribution < 1.29 is 8.81 Å². The van der Waals surface area contributed by atoms with Crippen LogP contribution in [0, 0.1) is 12.7 Å². The monoisotopic (exact) mass is 312 g/mol. The molecule has 1 N–H and O–H groups in total. The molecule has 3 nitrogen and oxygen atoms in total. The highest BCUT2D eigenvalue weighted by Gasteiger charge is 2.11. The van der Waals surface area contributed by atoms with Gasteiger partial charge in [-0.15, -0.1) is 0 Å². The van der Waals surface area contributed by atoms with E-state index in [2.05, 4.69) is 26.2 Å². The molecule has 0 aliphatic heterocycles. The first kappa shape index (κ1) is 13.2. The van der Waals surface area contributed by atoms with Crippen LogP contribution >= 0.6 is 15.9 Å². The minimum absolute atomic E-state index is 0.0196. The first-order valence-electron chi connectivity index (χ1n) is 5.66. The second kappa shape index (κ2) is 5.63. The SMILES string of the molecule is Cc1cnc(C(C)NCc2cc(F)ccc2Br)o1. The van der Waals surface area contributed by atoms with Crippen molar-refractivity contribution in [3.8, 4) is 0 Å². The highest BCUT2D eigenvalue weighted by Crippen LogP contribution is 2.19. The number of nitrogens with zero attached hydrogens (tertiary/aromatic N) is 1. The Bertz CT molecular complexity index is 542. The normalized spacial score (nSPS) is 12.7. The molecule has 1 aromatic heterocycles. The molecule has 96 valence electrons. The number of hydrogen-bond acceptors (Lipinski definition) is 3.